The topological polar surface area (TPSA) is 55.4 Å². The summed E-state index contributed by atoms with van der Waals surface area (Å²) in [6, 6.07) is 0. The Balaban J connectivity index is -0.000000515. The van der Waals surface area contributed by atoms with Crippen molar-refractivity contribution >= 4 is 46.4 Å². The Morgan fingerprint density at radius 2 is 0.875 bits per heavy atom. The Morgan fingerprint density at radius 3 is 1.18 bits per heavy atom. The Labute approximate surface area is 267 Å². The van der Waals surface area contributed by atoms with Crippen LogP contribution < -0.4 is 0 Å². The van der Waals surface area contributed by atoms with Crippen LogP contribution in [0.25, 0.3) is 0 Å². The first kappa shape index (κ1) is 45.4. The molecular formula is C30H62Cl4O6. The monoisotopic (exact) mass is 658 g/mol. The van der Waals surface area contributed by atoms with E-state index in [2.05, 4.69) is 34.6 Å². The molecule has 0 radical (unpaired) electrons. The van der Waals surface area contributed by atoms with E-state index in [9.17, 15) is 0 Å². The molecule has 0 aromatic carbocycles. The lowest BCUT2D eigenvalue weighted by Crippen LogP contribution is -2.18. The van der Waals surface area contributed by atoms with Crippen LogP contribution in [0.15, 0.2) is 0 Å². The van der Waals surface area contributed by atoms with Crippen LogP contribution in [0, 0.1) is 17.8 Å². The third-order valence-electron chi connectivity index (χ3n) is 6.81. The highest BCUT2D eigenvalue weighted by Gasteiger charge is 2.12. The maximum absolute atomic E-state index is 5.80. The number of methoxy groups -OCH3 is 3. The summed E-state index contributed by atoms with van der Waals surface area (Å²) in [5.41, 5.74) is 0. The van der Waals surface area contributed by atoms with Gasteiger partial charge in [-0.15, -0.1) is 46.4 Å². The quantitative estimate of drug-likeness (QED) is 0.0719. The van der Waals surface area contributed by atoms with Crippen LogP contribution in [0.1, 0.15) is 92.4 Å². The van der Waals surface area contributed by atoms with Crippen molar-refractivity contribution in [2.24, 2.45) is 17.8 Å². The molecule has 0 aliphatic rings. The Kier molecular flexibility index (Phi) is 40.9. The van der Waals surface area contributed by atoms with Gasteiger partial charge in [0.15, 0.2) is 0 Å². The zero-order valence-electron chi connectivity index (χ0n) is 26.7. The maximum atomic E-state index is 5.80. The third kappa shape index (κ3) is 31.8. The lowest BCUT2D eigenvalue weighted by atomic mass is 10.0. The first-order valence-electron chi connectivity index (χ1n) is 14.8. The molecule has 0 rings (SSSR count). The molecule has 6 unspecified atom stereocenters. The molecule has 0 N–H and O–H groups in total. The van der Waals surface area contributed by atoms with Crippen LogP contribution in [0.5, 0.6) is 0 Å². The number of hydrogen-bond donors (Lipinski definition) is 0. The van der Waals surface area contributed by atoms with E-state index in [0.717, 1.165) is 62.6 Å². The molecule has 0 aromatic rings. The first-order valence-corrected chi connectivity index (χ1v) is 17.0. The fraction of sp³-hybridized carbons (Fsp3) is 1.00. The van der Waals surface area contributed by atoms with Gasteiger partial charge in [-0.3, -0.25) is 0 Å². The smallest absolute Gasteiger partial charge is 0.146 e. The zero-order valence-corrected chi connectivity index (χ0v) is 29.8. The summed E-state index contributed by atoms with van der Waals surface area (Å²) in [5.74, 6) is 4.44. The molecule has 0 bridgehead atoms. The van der Waals surface area contributed by atoms with E-state index < -0.39 is 0 Å². The maximum Gasteiger partial charge on any atom is 0.146 e. The highest BCUT2D eigenvalue weighted by Crippen LogP contribution is 2.17. The average molecular weight is 661 g/mol. The molecule has 246 valence electrons. The molecule has 0 aliphatic heterocycles. The molecule has 0 saturated heterocycles. The lowest BCUT2D eigenvalue weighted by molar-refractivity contribution is -0.0687. The summed E-state index contributed by atoms with van der Waals surface area (Å²) in [4.78, 5) is 0. The SMILES string of the molecule is CCC(C)CCC(C)OCOC.CCC(CCl)CCC(CCl)OCOC.CCC(CCl)CCC(CCl)OCOC. The third-order valence-corrected chi connectivity index (χ3v) is 8.37. The number of alkyl halides is 4. The van der Waals surface area contributed by atoms with Crippen molar-refractivity contribution in [2.45, 2.75) is 111 Å². The number of ether oxygens (including phenoxy) is 6. The second-order valence-corrected chi connectivity index (χ2v) is 11.4. The largest absolute Gasteiger partial charge is 0.359 e. The van der Waals surface area contributed by atoms with Crippen LogP contribution >= 0.6 is 46.4 Å². The fourth-order valence-corrected chi connectivity index (χ4v) is 4.59. The Morgan fingerprint density at radius 1 is 0.475 bits per heavy atom. The highest BCUT2D eigenvalue weighted by atomic mass is 35.5. The van der Waals surface area contributed by atoms with Gasteiger partial charge in [-0.05, 0) is 63.2 Å². The van der Waals surface area contributed by atoms with Crippen molar-refractivity contribution in [3.05, 3.63) is 0 Å². The van der Waals surface area contributed by atoms with Crippen molar-refractivity contribution in [2.75, 3.05) is 65.2 Å². The van der Waals surface area contributed by atoms with Gasteiger partial charge in [0.05, 0.1) is 18.3 Å². The molecule has 0 fully saturated rings. The Hall–Kier alpha value is 0.920. The normalized spacial score (nSPS) is 15.6. The van der Waals surface area contributed by atoms with Gasteiger partial charge in [-0.2, -0.15) is 0 Å². The van der Waals surface area contributed by atoms with Crippen LogP contribution in [-0.4, -0.2) is 83.5 Å². The van der Waals surface area contributed by atoms with E-state index in [1.165, 1.54) is 12.8 Å². The molecule has 0 spiro atoms. The molecule has 0 aliphatic carbocycles. The van der Waals surface area contributed by atoms with E-state index in [1.54, 1.807) is 21.3 Å². The van der Waals surface area contributed by atoms with Crippen LogP contribution in [0.3, 0.4) is 0 Å². The van der Waals surface area contributed by atoms with Gasteiger partial charge in [0, 0.05) is 44.8 Å². The van der Waals surface area contributed by atoms with Crippen molar-refractivity contribution in [1.82, 2.24) is 0 Å². The minimum atomic E-state index is 0.0916. The van der Waals surface area contributed by atoms with E-state index in [1.807, 2.05) is 0 Å². The highest BCUT2D eigenvalue weighted by molar-refractivity contribution is 6.18. The van der Waals surface area contributed by atoms with Gasteiger partial charge in [0.25, 0.3) is 0 Å². The van der Waals surface area contributed by atoms with Gasteiger partial charge < -0.3 is 28.4 Å². The standard InChI is InChI=1S/2C10H20Cl2O2.C10H22O2/c2*1-3-9(6-11)4-5-10(7-12)14-8-13-2;1-5-9(2)6-7-10(3)12-8-11-4/h2*9-10H,3-8H2,1-2H3;9-10H,5-8H2,1-4H3. The second kappa shape index (κ2) is 36.1. The summed E-state index contributed by atoms with van der Waals surface area (Å²) in [7, 11) is 4.87. The predicted molar refractivity (Wildman–Crippen MR) is 174 cm³/mol. The summed E-state index contributed by atoms with van der Waals surface area (Å²) in [5, 5.41) is 0. The summed E-state index contributed by atoms with van der Waals surface area (Å²) < 4.78 is 30.6. The van der Waals surface area contributed by atoms with Crippen molar-refractivity contribution < 1.29 is 28.4 Å². The molecular weight excluding hydrogens is 598 g/mol. The average Bonchev–Trinajstić information content (AvgIpc) is 2.99. The molecule has 0 amide bonds. The molecule has 0 saturated carbocycles. The van der Waals surface area contributed by atoms with Crippen LogP contribution in [0.4, 0.5) is 0 Å². The summed E-state index contributed by atoms with van der Waals surface area (Å²) in [6.07, 6.45) is 10.4. The van der Waals surface area contributed by atoms with E-state index in [4.69, 9.17) is 74.8 Å². The van der Waals surface area contributed by atoms with Gasteiger partial charge in [0.1, 0.15) is 20.4 Å². The van der Waals surface area contributed by atoms with Gasteiger partial charge >= 0.3 is 0 Å². The molecule has 0 aromatic heterocycles. The minimum Gasteiger partial charge on any atom is -0.359 e. The van der Waals surface area contributed by atoms with Gasteiger partial charge in [-0.25, -0.2) is 0 Å². The summed E-state index contributed by atoms with van der Waals surface area (Å²) in [6.45, 7) is 12.0. The van der Waals surface area contributed by atoms with Crippen molar-refractivity contribution in [1.29, 1.82) is 0 Å². The number of halogens is 4. The second-order valence-electron chi connectivity index (χ2n) is 10.2. The fourth-order valence-electron chi connectivity index (χ4n) is 3.35. The molecule has 40 heavy (non-hydrogen) atoms. The van der Waals surface area contributed by atoms with Gasteiger partial charge in [0.2, 0.25) is 0 Å². The number of rotatable bonds is 25. The predicted octanol–water partition coefficient (Wildman–Crippen LogP) is 9.34. The van der Waals surface area contributed by atoms with Gasteiger partial charge in [-0.1, -0.05) is 47.0 Å². The lowest BCUT2D eigenvalue weighted by Gasteiger charge is -2.17. The first-order chi connectivity index (χ1) is 19.3. The van der Waals surface area contributed by atoms with E-state index in [0.29, 0.717) is 50.1 Å². The van der Waals surface area contributed by atoms with Crippen LogP contribution in [-0.2, 0) is 28.4 Å². The van der Waals surface area contributed by atoms with Crippen LogP contribution in [0.2, 0.25) is 0 Å². The van der Waals surface area contributed by atoms with E-state index >= 15 is 0 Å². The molecule has 6 nitrogen and oxygen atoms in total. The summed E-state index contributed by atoms with van der Waals surface area (Å²) >= 11 is 23.1. The number of hydrogen-bond acceptors (Lipinski definition) is 6. The van der Waals surface area contributed by atoms with Crippen molar-refractivity contribution in [3.8, 4) is 0 Å². The Bertz CT molecular complexity index is 432. The molecule has 0 heterocycles. The molecule has 10 heteroatoms. The minimum absolute atomic E-state index is 0.0916. The van der Waals surface area contributed by atoms with E-state index in [-0.39, 0.29) is 12.2 Å². The molecule has 6 atom stereocenters. The van der Waals surface area contributed by atoms with Crippen molar-refractivity contribution in [3.63, 3.8) is 0 Å². The zero-order chi connectivity index (χ0) is 31.0.